The van der Waals surface area contributed by atoms with E-state index in [-0.39, 0.29) is 9.79 Å². The molecule has 0 aliphatic heterocycles. The first-order valence-electron chi connectivity index (χ1n) is 7.37. The molecule has 0 bridgehead atoms. The molecule has 1 N–H and O–H groups in total. The van der Waals surface area contributed by atoms with Gasteiger partial charge in [-0.25, -0.2) is 8.42 Å². The zero-order chi connectivity index (χ0) is 16.6. The fourth-order valence-electron chi connectivity index (χ4n) is 2.51. The number of fused-ring (bicyclic) bond motifs is 1. The van der Waals surface area contributed by atoms with Crippen LogP contribution in [0.15, 0.2) is 69.3 Å². The van der Waals surface area contributed by atoms with E-state index in [0.29, 0.717) is 16.8 Å². The minimum atomic E-state index is -3.85. The number of nitrogens with one attached hydrogen (secondary N) is 1. The van der Waals surface area contributed by atoms with Crippen molar-refractivity contribution in [1.29, 1.82) is 0 Å². The van der Waals surface area contributed by atoms with E-state index in [1.807, 2.05) is 13.8 Å². The van der Waals surface area contributed by atoms with Crippen molar-refractivity contribution in [2.75, 3.05) is 0 Å². The molecule has 0 spiro atoms. The Balaban J connectivity index is 2.16. The molecule has 3 aromatic rings. The Labute approximate surface area is 134 Å². The van der Waals surface area contributed by atoms with Gasteiger partial charge in [0.15, 0.2) is 0 Å². The number of rotatable bonds is 3. The van der Waals surface area contributed by atoms with Gasteiger partial charge in [-0.15, -0.1) is 0 Å². The zero-order valence-electron chi connectivity index (χ0n) is 12.9. The molecule has 0 saturated heterocycles. The third-order valence-electron chi connectivity index (χ3n) is 3.90. The summed E-state index contributed by atoms with van der Waals surface area (Å²) in [7, 11) is -3.85. The van der Waals surface area contributed by atoms with E-state index in [4.69, 9.17) is 0 Å². The molecule has 0 aliphatic carbocycles. The summed E-state index contributed by atoms with van der Waals surface area (Å²) in [5.74, 6) is 0.316. The van der Waals surface area contributed by atoms with Gasteiger partial charge >= 0.3 is 0 Å². The number of aromatic nitrogens is 1. The summed E-state index contributed by atoms with van der Waals surface area (Å²) in [5.41, 5.74) is 1.19. The summed E-state index contributed by atoms with van der Waals surface area (Å²) in [6, 6.07) is 13.5. The summed E-state index contributed by atoms with van der Waals surface area (Å²) in [6.45, 7) is 4.08. The number of H-pyrrole nitrogens is 1. The fourth-order valence-corrected chi connectivity index (χ4v) is 3.82. The summed E-state index contributed by atoms with van der Waals surface area (Å²) in [6.07, 6.45) is 1.27. The van der Waals surface area contributed by atoms with Gasteiger partial charge in [-0.3, -0.25) is 4.79 Å². The average molecular weight is 327 g/mol. The molecule has 0 radical (unpaired) electrons. The van der Waals surface area contributed by atoms with Crippen molar-refractivity contribution >= 4 is 20.7 Å². The lowest BCUT2D eigenvalue weighted by molar-refractivity contribution is 0.595. The SMILES string of the molecule is CC(C)c1ccc(S(=O)(=O)c2c[nH]c3ccccc3c2=O)cc1. The van der Waals surface area contributed by atoms with Crippen LogP contribution in [0.5, 0.6) is 0 Å². The minimum Gasteiger partial charge on any atom is -0.360 e. The van der Waals surface area contributed by atoms with Gasteiger partial charge in [0, 0.05) is 17.1 Å². The molecule has 0 amide bonds. The number of hydrogen-bond acceptors (Lipinski definition) is 3. The topological polar surface area (TPSA) is 67.0 Å². The second-order valence-electron chi connectivity index (χ2n) is 5.75. The second kappa shape index (κ2) is 5.66. The highest BCUT2D eigenvalue weighted by molar-refractivity contribution is 7.91. The predicted molar refractivity (Wildman–Crippen MR) is 90.6 cm³/mol. The average Bonchev–Trinajstić information content (AvgIpc) is 2.55. The first-order chi connectivity index (χ1) is 10.9. The molecule has 5 heteroatoms. The maximum atomic E-state index is 12.8. The van der Waals surface area contributed by atoms with Gasteiger partial charge < -0.3 is 4.98 Å². The normalized spacial score (nSPS) is 12.0. The van der Waals surface area contributed by atoms with E-state index in [0.717, 1.165) is 5.56 Å². The Morgan fingerprint density at radius 2 is 1.61 bits per heavy atom. The number of aromatic amines is 1. The minimum absolute atomic E-state index is 0.127. The highest BCUT2D eigenvalue weighted by Crippen LogP contribution is 2.22. The van der Waals surface area contributed by atoms with Crippen LogP contribution in [-0.4, -0.2) is 13.4 Å². The second-order valence-corrected chi connectivity index (χ2v) is 7.67. The Morgan fingerprint density at radius 1 is 0.957 bits per heavy atom. The number of pyridine rings is 1. The van der Waals surface area contributed by atoms with Crippen LogP contribution in [0, 0.1) is 0 Å². The Kier molecular flexibility index (Phi) is 3.82. The van der Waals surface area contributed by atoms with Crippen LogP contribution in [0.3, 0.4) is 0 Å². The van der Waals surface area contributed by atoms with Crippen LogP contribution in [-0.2, 0) is 9.84 Å². The highest BCUT2D eigenvalue weighted by Gasteiger charge is 2.22. The van der Waals surface area contributed by atoms with E-state index in [1.165, 1.54) is 6.20 Å². The third-order valence-corrected chi connectivity index (χ3v) is 5.68. The largest absolute Gasteiger partial charge is 0.360 e. The molecule has 4 nitrogen and oxygen atoms in total. The van der Waals surface area contributed by atoms with E-state index in [9.17, 15) is 13.2 Å². The number of sulfone groups is 1. The first kappa shape index (κ1) is 15.5. The van der Waals surface area contributed by atoms with Gasteiger partial charge in [0.05, 0.1) is 4.90 Å². The summed E-state index contributed by atoms with van der Waals surface area (Å²) >= 11 is 0. The molecule has 3 rings (SSSR count). The van der Waals surface area contributed by atoms with Crippen molar-refractivity contribution in [3.63, 3.8) is 0 Å². The molecular formula is C18H17NO3S. The van der Waals surface area contributed by atoms with Gasteiger partial charge in [-0.1, -0.05) is 38.1 Å². The molecule has 0 saturated carbocycles. The van der Waals surface area contributed by atoms with Crippen LogP contribution in [0.25, 0.3) is 10.9 Å². The van der Waals surface area contributed by atoms with Gasteiger partial charge in [0.1, 0.15) is 4.90 Å². The maximum absolute atomic E-state index is 12.8. The molecular weight excluding hydrogens is 310 g/mol. The first-order valence-corrected chi connectivity index (χ1v) is 8.85. The van der Waals surface area contributed by atoms with Gasteiger partial charge in [0.2, 0.25) is 15.3 Å². The third kappa shape index (κ3) is 2.68. The van der Waals surface area contributed by atoms with E-state index < -0.39 is 15.3 Å². The van der Waals surface area contributed by atoms with Crippen LogP contribution in [0.1, 0.15) is 25.3 Å². The van der Waals surface area contributed by atoms with E-state index in [1.54, 1.807) is 48.5 Å². The van der Waals surface area contributed by atoms with Gasteiger partial charge in [-0.2, -0.15) is 0 Å². The smallest absolute Gasteiger partial charge is 0.211 e. The van der Waals surface area contributed by atoms with Crippen LogP contribution < -0.4 is 5.43 Å². The molecule has 0 unspecified atom stereocenters. The molecule has 118 valence electrons. The van der Waals surface area contributed by atoms with Gasteiger partial charge in [-0.05, 0) is 35.7 Å². The summed E-state index contributed by atoms with van der Waals surface area (Å²) < 4.78 is 25.5. The van der Waals surface area contributed by atoms with Crippen molar-refractivity contribution in [2.45, 2.75) is 29.6 Å². The molecule has 2 aromatic carbocycles. The van der Waals surface area contributed by atoms with E-state index >= 15 is 0 Å². The van der Waals surface area contributed by atoms with Crippen molar-refractivity contribution in [1.82, 2.24) is 4.98 Å². The maximum Gasteiger partial charge on any atom is 0.211 e. The Hall–Kier alpha value is -2.40. The van der Waals surface area contributed by atoms with Gasteiger partial charge in [0.25, 0.3) is 0 Å². The number of para-hydroxylation sites is 1. The van der Waals surface area contributed by atoms with Crippen molar-refractivity contribution in [2.24, 2.45) is 0 Å². The highest BCUT2D eigenvalue weighted by atomic mass is 32.2. The molecule has 1 heterocycles. The van der Waals surface area contributed by atoms with Crippen molar-refractivity contribution in [3.8, 4) is 0 Å². The Bertz CT molecular complexity index is 1020. The lowest BCUT2D eigenvalue weighted by Crippen LogP contribution is -2.16. The molecule has 0 fully saturated rings. The van der Waals surface area contributed by atoms with Crippen LogP contribution in [0.2, 0.25) is 0 Å². The number of benzene rings is 2. The van der Waals surface area contributed by atoms with Crippen LogP contribution >= 0.6 is 0 Å². The fraction of sp³-hybridized carbons (Fsp3) is 0.167. The lowest BCUT2D eigenvalue weighted by atomic mass is 10.0. The molecule has 0 aliphatic rings. The molecule has 1 aromatic heterocycles. The monoisotopic (exact) mass is 327 g/mol. The van der Waals surface area contributed by atoms with Crippen molar-refractivity contribution in [3.05, 3.63) is 70.5 Å². The quantitative estimate of drug-likeness (QED) is 0.801. The summed E-state index contributed by atoms with van der Waals surface area (Å²) in [4.78, 5) is 15.3. The zero-order valence-corrected chi connectivity index (χ0v) is 13.7. The number of hydrogen-bond donors (Lipinski definition) is 1. The molecule has 0 atom stereocenters. The predicted octanol–water partition coefficient (Wildman–Crippen LogP) is 3.48. The van der Waals surface area contributed by atoms with Crippen molar-refractivity contribution < 1.29 is 8.42 Å². The van der Waals surface area contributed by atoms with Crippen LogP contribution in [0.4, 0.5) is 0 Å². The Morgan fingerprint density at radius 3 is 2.26 bits per heavy atom. The van der Waals surface area contributed by atoms with E-state index in [2.05, 4.69) is 4.98 Å². The standard InChI is InChI=1S/C18H17NO3S/c1-12(2)13-7-9-14(10-8-13)23(21,22)17-11-19-16-6-4-3-5-15(16)18(17)20/h3-12H,1-2H3,(H,19,20). The summed E-state index contributed by atoms with van der Waals surface area (Å²) in [5, 5.41) is 0.368. The molecule has 23 heavy (non-hydrogen) atoms. The lowest BCUT2D eigenvalue weighted by Gasteiger charge is -2.08.